The van der Waals surface area contributed by atoms with E-state index in [1.54, 1.807) is 54.6 Å². The number of nitrogens with one attached hydrogen (secondary N) is 1. The molecular weight excluding hydrogens is 385 g/mol. The minimum atomic E-state index is -1.15. The van der Waals surface area contributed by atoms with Crippen molar-refractivity contribution in [3.8, 4) is 6.07 Å². The van der Waals surface area contributed by atoms with Crippen molar-refractivity contribution in [2.24, 2.45) is 5.10 Å². The lowest BCUT2D eigenvalue weighted by Gasteiger charge is -2.11. The van der Waals surface area contributed by atoms with E-state index in [2.05, 4.69) is 10.5 Å². The average molecular weight is 401 g/mol. The summed E-state index contributed by atoms with van der Waals surface area (Å²) in [5.74, 6) is -2.26. The van der Waals surface area contributed by atoms with Crippen LogP contribution in [0.2, 0.25) is 0 Å². The van der Waals surface area contributed by atoms with Gasteiger partial charge in [-0.05, 0) is 35.9 Å². The summed E-state index contributed by atoms with van der Waals surface area (Å²) in [4.78, 5) is 24.0. The Bertz CT molecular complexity index is 1170. The van der Waals surface area contributed by atoms with Crippen LogP contribution in [0, 0.1) is 17.1 Å². The minimum absolute atomic E-state index is 0.00725. The topological polar surface area (TPSA) is 103 Å². The molecule has 6 nitrogen and oxygen atoms in total. The molecule has 0 atom stereocenters. The van der Waals surface area contributed by atoms with Crippen molar-refractivity contribution >= 4 is 17.6 Å². The molecule has 0 saturated carbocycles. The Hall–Kier alpha value is -4.31. The number of rotatable bonds is 6. The lowest BCUT2D eigenvalue weighted by atomic mass is 9.97. The molecule has 3 aromatic carbocycles. The number of hydrogen-bond acceptors (Lipinski definition) is 4. The molecular formula is C23H16FN3O3. The number of carbonyl (C=O) groups excluding carboxylic acids is 1. The number of nitrogens with zero attached hydrogens (tertiary/aromatic N) is 2. The van der Waals surface area contributed by atoms with Crippen LogP contribution in [0.3, 0.4) is 0 Å². The Morgan fingerprint density at radius 3 is 2.33 bits per heavy atom. The predicted octanol–water partition coefficient (Wildman–Crippen LogP) is 3.77. The normalized spacial score (nSPS) is 10.9. The van der Waals surface area contributed by atoms with E-state index in [1.165, 1.54) is 18.2 Å². The van der Waals surface area contributed by atoms with E-state index in [-0.39, 0.29) is 23.3 Å². The highest BCUT2D eigenvalue weighted by atomic mass is 19.1. The molecule has 0 aliphatic rings. The number of nitriles is 1. The Kier molecular flexibility index (Phi) is 6.30. The molecule has 2 N–H and O–H groups in total. The van der Waals surface area contributed by atoms with Crippen molar-refractivity contribution in [3.05, 3.63) is 106 Å². The smallest absolute Gasteiger partial charge is 0.336 e. The Morgan fingerprint density at radius 1 is 1.00 bits per heavy atom. The number of hydrazone groups is 1. The number of carboxylic acids is 1. The summed E-state index contributed by atoms with van der Waals surface area (Å²) in [5, 5.41) is 22.7. The fraction of sp³-hybridized carbons (Fsp3) is 0.0435. The molecule has 0 fully saturated rings. The first kappa shape index (κ1) is 20.4. The first-order valence-electron chi connectivity index (χ1n) is 8.92. The van der Waals surface area contributed by atoms with Crippen LogP contribution in [0.15, 0.2) is 77.9 Å². The van der Waals surface area contributed by atoms with Gasteiger partial charge in [0.15, 0.2) is 0 Å². The van der Waals surface area contributed by atoms with Crippen LogP contribution >= 0.6 is 0 Å². The van der Waals surface area contributed by atoms with E-state index in [0.717, 1.165) is 6.07 Å². The van der Waals surface area contributed by atoms with E-state index < -0.39 is 17.7 Å². The fourth-order valence-electron chi connectivity index (χ4n) is 2.85. The van der Waals surface area contributed by atoms with E-state index in [1.807, 2.05) is 0 Å². The van der Waals surface area contributed by atoms with Crippen LogP contribution in [0.5, 0.6) is 0 Å². The summed E-state index contributed by atoms with van der Waals surface area (Å²) in [7, 11) is 0. The number of hydrogen-bond donors (Lipinski definition) is 2. The number of carbonyl (C=O) groups is 2. The predicted molar refractivity (Wildman–Crippen MR) is 109 cm³/mol. The van der Waals surface area contributed by atoms with Gasteiger partial charge in [0.2, 0.25) is 0 Å². The molecule has 3 aromatic rings. The molecule has 7 heteroatoms. The van der Waals surface area contributed by atoms with Gasteiger partial charge in [0.05, 0.1) is 16.8 Å². The zero-order valence-corrected chi connectivity index (χ0v) is 15.7. The maximum absolute atomic E-state index is 13.7. The minimum Gasteiger partial charge on any atom is -0.478 e. The van der Waals surface area contributed by atoms with Gasteiger partial charge < -0.3 is 5.11 Å². The number of aromatic carboxylic acids is 1. The zero-order valence-electron chi connectivity index (χ0n) is 15.7. The van der Waals surface area contributed by atoms with Gasteiger partial charge in [-0.3, -0.25) is 4.79 Å². The van der Waals surface area contributed by atoms with Crippen LogP contribution in [-0.2, 0) is 6.42 Å². The highest BCUT2D eigenvalue weighted by Crippen LogP contribution is 2.16. The average Bonchev–Trinajstić information content (AvgIpc) is 2.78. The summed E-state index contributed by atoms with van der Waals surface area (Å²) in [5.41, 5.74) is 3.81. The summed E-state index contributed by atoms with van der Waals surface area (Å²) in [6.45, 7) is 0. The molecule has 0 bridgehead atoms. The van der Waals surface area contributed by atoms with Gasteiger partial charge in [-0.15, -0.1) is 0 Å². The van der Waals surface area contributed by atoms with E-state index in [4.69, 9.17) is 5.26 Å². The summed E-state index contributed by atoms with van der Waals surface area (Å²) in [6.07, 6.45) is 0.0777. The van der Waals surface area contributed by atoms with Crippen LogP contribution in [0.25, 0.3) is 0 Å². The van der Waals surface area contributed by atoms with Crippen molar-refractivity contribution in [1.29, 1.82) is 5.26 Å². The summed E-state index contributed by atoms with van der Waals surface area (Å²) in [6, 6.07) is 20.5. The summed E-state index contributed by atoms with van der Waals surface area (Å²) < 4.78 is 13.7. The second-order valence-electron chi connectivity index (χ2n) is 6.32. The van der Waals surface area contributed by atoms with Crippen LogP contribution in [0.1, 0.15) is 37.4 Å². The van der Waals surface area contributed by atoms with Gasteiger partial charge >= 0.3 is 5.97 Å². The SMILES string of the molecule is N#Cc1cc(CC(=NNC(=O)c2ccccc2)c2ccccc2C(=O)O)ccc1F. The molecule has 0 unspecified atom stereocenters. The Balaban J connectivity index is 2.00. The van der Waals surface area contributed by atoms with Crippen molar-refractivity contribution in [3.63, 3.8) is 0 Å². The molecule has 0 saturated heterocycles. The molecule has 0 aliphatic heterocycles. The quantitative estimate of drug-likeness (QED) is 0.485. The van der Waals surface area contributed by atoms with Crippen LogP contribution < -0.4 is 5.43 Å². The van der Waals surface area contributed by atoms with Crippen molar-refractivity contribution in [2.45, 2.75) is 6.42 Å². The second-order valence-corrected chi connectivity index (χ2v) is 6.32. The number of carboxylic acid groups (broad SMARTS) is 1. The van der Waals surface area contributed by atoms with Crippen LogP contribution in [-0.4, -0.2) is 22.7 Å². The maximum Gasteiger partial charge on any atom is 0.336 e. The molecule has 0 spiro atoms. The Morgan fingerprint density at radius 2 is 1.67 bits per heavy atom. The Labute approximate surface area is 171 Å². The van der Waals surface area contributed by atoms with E-state index in [0.29, 0.717) is 16.7 Å². The van der Waals surface area contributed by atoms with Gasteiger partial charge in [0.1, 0.15) is 11.9 Å². The lowest BCUT2D eigenvalue weighted by molar-refractivity contribution is 0.0696. The molecule has 0 radical (unpaired) electrons. The third-order valence-electron chi connectivity index (χ3n) is 4.32. The first-order valence-corrected chi connectivity index (χ1v) is 8.92. The molecule has 30 heavy (non-hydrogen) atoms. The third kappa shape index (κ3) is 4.75. The number of benzene rings is 3. The van der Waals surface area contributed by atoms with Gasteiger partial charge in [0, 0.05) is 17.5 Å². The van der Waals surface area contributed by atoms with Gasteiger partial charge in [0.25, 0.3) is 5.91 Å². The number of halogens is 1. The standard InChI is InChI=1S/C23H16FN3O3/c24-20-11-10-15(12-17(20)14-25)13-21(18-8-4-5-9-19(18)23(29)30)26-27-22(28)16-6-2-1-3-7-16/h1-12H,13H2,(H,27,28)(H,29,30). The van der Waals surface area contributed by atoms with Crippen molar-refractivity contribution in [1.82, 2.24) is 5.43 Å². The number of amides is 1. The molecule has 148 valence electrons. The molecule has 3 rings (SSSR count). The second kappa shape index (κ2) is 9.26. The van der Waals surface area contributed by atoms with Crippen LogP contribution in [0.4, 0.5) is 4.39 Å². The maximum atomic E-state index is 13.7. The largest absolute Gasteiger partial charge is 0.478 e. The van der Waals surface area contributed by atoms with Crippen molar-refractivity contribution < 1.29 is 19.1 Å². The monoisotopic (exact) mass is 401 g/mol. The highest BCUT2D eigenvalue weighted by Gasteiger charge is 2.16. The molecule has 1 amide bonds. The molecule has 0 aromatic heterocycles. The summed E-state index contributed by atoms with van der Waals surface area (Å²) >= 11 is 0. The molecule has 0 heterocycles. The van der Waals surface area contributed by atoms with Gasteiger partial charge in [-0.2, -0.15) is 10.4 Å². The first-order chi connectivity index (χ1) is 14.5. The third-order valence-corrected chi connectivity index (χ3v) is 4.32. The molecule has 0 aliphatic carbocycles. The van der Waals surface area contributed by atoms with Crippen molar-refractivity contribution in [2.75, 3.05) is 0 Å². The lowest BCUT2D eigenvalue weighted by Crippen LogP contribution is -2.22. The van der Waals surface area contributed by atoms with Gasteiger partial charge in [-0.25, -0.2) is 14.6 Å². The van der Waals surface area contributed by atoms with E-state index in [9.17, 15) is 19.1 Å². The zero-order chi connectivity index (χ0) is 21.5. The fourth-order valence-corrected chi connectivity index (χ4v) is 2.85. The van der Waals surface area contributed by atoms with E-state index >= 15 is 0 Å². The van der Waals surface area contributed by atoms with Gasteiger partial charge in [-0.1, -0.05) is 42.5 Å². The highest BCUT2D eigenvalue weighted by molar-refractivity contribution is 6.10.